The van der Waals surface area contributed by atoms with Gasteiger partial charge in [-0.05, 0) is 24.3 Å². The highest BCUT2D eigenvalue weighted by molar-refractivity contribution is 7.89. The summed E-state index contributed by atoms with van der Waals surface area (Å²) in [5, 5.41) is 2.64. The summed E-state index contributed by atoms with van der Waals surface area (Å²) < 4.78 is 26.4. The maximum absolute atomic E-state index is 12.5. The summed E-state index contributed by atoms with van der Waals surface area (Å²) >= 11 is 0. The van der Waals surface area contributed by atoms with E-state index in [9.17, 15) is 13.2 Å². The molecule has 9 heteroatoms. The van der Waals surface area contributed by atoms with Crippen LogP contribution in [0.5, 0.6) is 0 Å². The van der Waals surface area contributed by atoms with Crippen LogP contribution in [0.4, 0.5) is 5.82 Å². The molecule has 2 aromatic rings. The van der Waals surface area contributed by atoms with Crippen molar-refractivity contribution in [1.29, 1.82) is 0 Å². The van der Waals surface area contributed by atoms with E-state index in [2.05, 4.69) is 20.2 Å². The minimum atomic E-state index is -3.41. The van der Waals surface area contributed by atoms with Gasteiger partial charge in [-0.3, -0.25) is 9.78 Å². The second-order valence-electron chi connectivity index (χ2n) is 5.88. The Balaban J connectivity index is 1.48. The van der Waals surface area contributed by atoms with Gasteiger partial charge in [-0.1, -0.05) is 6.07 Å². The average molecular weight is 375 g/mol. The number of pyridine rings is 2. The van der Waals surface area contributed by atoms with Gasteiger partial charge in [0.25, 0.3) is 5.91 Å². The fraction of sp³-hybridized carbons (Fsp3) is 0.353. The molecule has 1 aliphatic rings. The summed E-state index contributed by atoms with van der Waals surface area (Å²) in [6, 6.07) is 8.85. The van der Waals surface area contributed by atoms with Crippen LogP contribution in [-0.4, -0.2) is 67.1 Å². The number of sulfonamides is 1. The largest absolute Gasteiger partial charge is 0.354 e. The predicted molar refractivity (Wildman–Crippen MR) is 98.4 cm³/mol. The number of hydrogen-bond acceptors (Lipinski definition) is 6. The highest BCUT2D eigenvalue weighted by Crippen LogP contribution is 2.14. The molecule has 3 heterocycles. The first-order chi connectivity index (χ1) is 12.6. The molecule has 0 aliphatic carbocycles. The van der Waals surface area contributed by atoms with E-state index in [0.717, 1.165) is 5.82 Å². The fourth-order valence-electron chi connectivity index (χ4n) is 2.76. The Bertz CT molecular complexity index is 822. The van der Waals surface area contributed by atoms with Gasteiger partial charge in [0.05, 0.1) is 5.75 Å². The van der Waals surface area contributed by atoms with Crippen LogP contribution in [0.15, 0.2) is 48.9 Å². The number of hydrogen-bond donors (Lipinski definition) is 1. The lowest BCUT2D eigenvalue weighted by Crippen LogP contribution is -2.50. The third kappa shape index (κ3) is 4.55. The van der Waals surface area contributed by atoms with Crippen molar-refractivity contribution in [3.05, 3.63) is 54.5 Å². The van der Waals surface area contributed by atoms with E-state index in [0.29, 0.717) is 31.7 Å². The van der Waals surface area contributed by atoms with Gasteiger partial charge < -0.3 is 10.2 Å². The Morgan fingerprint density at radius 3 is 2.42 bits per heavy atom. The zero-order chi connectivity index (χ0) is 18.4. The first-order valence-corrected chi connectivity index (χ1v) is 9.99. The molecule has 26 heavy (non-hydrogen) atoms. The lowest BCUT2D eigenvalue weighted by molar-refractivity contribution is 0.0956. The molecule has 0 aromatic carbocycles. The second-order valence-corrected chi connectivity index (χ2v) is 7.97. The van der Waals surface area contributed by atoms with Gasteiger partial charge >= 0.3 is 0 Å². The van der Waals surface area contributed by atoms with Crippen LogP contribution >= 0.6 is 0 Å². The van der Waals surface area contributed by atoms with E-state index >= 15 is 0 Å². The molecule has 0 unspecified atom stereocenters. The number of aromatic nitrogens is 2. The van der Waals surface area contributed by atoms with Crippen LogP contribution in [0.1, 0.15) is 10.4 Å². The van der Waals surface area contributed by atoms with Crippen LogP contribution in [-0.2, 0) is 10.0 Å². The minimum Gasteiger partial charge on any atom is -0.354 e. The van der Waals surface area contributed by atoms with Crippen LogP contribution in [0.25, 0.3) is 0 Å². The van der Waals surface area contributed by atoms with Gasteiger partial charge in [-0.15, -0.1) is 0 Å². The number of carbonyl (C=O) groups excluding carboxylic acids is 1. The first-order valence-electron chi connectivity index (χ1n) is 8.38. The minimum absolute atomic E-state index is 0.0734. The zero-order valence-electron chi connectivity index (χ0n) is 14.3. The summed E-state index contributed by atoms with van der Waals surface area (Å²) in [7, 11) is -3.41. The highest BCUT2D eigenvalue weighted by atomic mass is 32.2. The van der Waals surface area contributed by atoms with Gasteiger partial charge in [0.2, 0.25) is 10.0 Å². The molecule has 1 aliphatic heterocycles. The van der Waals surface area contributed by atoms with E-state index in [4.69, 9.17) is 0 Å². The third-order valence-electron chi connectivity index (χ3n) is 4.19. The van der Waals surface area contributed by atoms with Crippen molar-refractivity contribution in [3.63, 3.8) is 0 Å². The topological polar surface area (TPSA) is 95.5 Å². The molecule has 0 spiro atoms. The molecule has 3 rings (SSSR count). The average Bonchev–Trinajstić information content (AvgIpc) is 2.69. The molecular weight excluding hydrogens is 354 g/mol. The van der Waals surface area contributed by atoms with Crippen molar-refractivity contribution >= 4 is 21.7 Å². The smallest absolute Gasteiger partial charge is 0.251 e. The van der Waals surface area contributed by atoms with Crippen LogP contribution < -0.4 is 10.2 Å². The quantitative estimate of drug-likeness (QED) is 0.783. The Hall–Kier alpha value is -2.52. The van der Waals surface area contributed by atoms with Crippen LogP contribution in [0.2, 0.25) is 0 Å². The molecule has 1 saturated heterocycles. The Labute approximate surface area is 152 Å². The molecule has 2 aromatic heterocycles. The predicted octanol–water partition coefficient (Wildman–Crippen LogP) is 0.358. The second kappa shape index (κ2) is 8.24. The standard InChI is InChI=1S/C17H21N5O3S/c23-17(15-4-7-18-8-5-15)20-9-14-26(24,25)22-12-10-21(11-13-22)16-3-1-2-6-19-16/h1-8H,9-14H2,(H,20,23). The maximum Gasteiger partial charge on any atom is 0.251 e. The number of rotatable bonds is 6. The number of amides is 1. The number of anilines is 1. The number of piperazine rings is 1. The molecule has 1 fully saturated rings. The molecule has 1 N–H and O–H groups in total. The van der Waals surface area contributed by atoms with Crippen LogP contribution in [0, 0.1) is 0 Å². The van der Waals surface area contributed by atoms with Gasteiger partial charge in [0.15, 0.2) is 0 Å². The molecule has 0 bridgehead atoms. The summed E-state index contributed by atoms with van der Waals surface area (Å²) in [6.45, 7) is 2.09. The third-order valence-corrected chi connectivity index (χ3v) is 6.07. The number of nitrogens with one attached hydrogen (secondary N) is 1. The summed E-state index contributed by atoms with van der Waals surface area (Å²) in [5.41, 5.74) is 0.460. The highest BCUT2D eigenvalue weighted by Gasteiger charge is 2.27. The van der Waals surface area contributed by atoms with E-state index in [1.807, 2.05) is 18.2 Å². The Kier molecular flexibility index (Phi) is 5.79. The molecule has 8 nitrogen and oxygen atoms in total. The van der Waals surface area contributed by atoms with Crippen molar-refractivity contribution in [3.8, 4) is 0 Å². The molecule has 0 atom stereocenters. The number of carbonyl (C=O) groups is 1. The maximum atomic E-state index is 12.5. The van der Waals surface area contributed by atoms with Gasteiger partial charge in [0.1, 0.15) is 5.82 Å². The molecule has 138 valence electrons. The van der Waals surface area contributed by atoms with Gasteiger partial charge in [0, 0.05) is 56.9 Å². The Morgan fingerprint density at radius 1 is 1.04 bits per heavy atom. The lowest BCUT2D eigenvalue weighted by atomic mass is 10.2. The van der Waals surface area contributed by atoms with Crippen molar-refractivity contribution < 1.29 is 13.2 Å². The molecular formula is C17H21N5O3S. The zero-order valence-corrected chi connectivity index (χ0v) is 15.1. The van der Waals surface area contributed by atoms with E-state index < -0.39 is 10.0 Å². The monoisotopic (exact) mass is 375 g/mol. The van der Waals surface area contributed by atoms with E-state index in [1.54, 1.807) is 18.3 Å². The fourth-order valence-corrected chi connectivity index (χ4v) is 4.10. The number of nitrogens with zero attached hydrogens (tertiary/aromatic N) is 4. The normalized spacial score (nSPS) is 15.6. The van der Waals surface area contributed by atoms with E-state index in [-0.39, 0.29) is 18.2 Å². The SMILES string of the molecule is O=C(NCCS(=O)(=O)N1CCN(c2ccccn2)CC1)c1ccncc1. The van der Waals surface area contributed by atoms with Crippen molar-refractivity contribution in [1.82, 2.24) is 19.6 Å². The van der Waals surface area contributed by atoms with Crippen LogP contribution in [0.3, 0.4) is 0 Å². The van der Waals surface area contributed by atoms with Crippen molar-refractivity contribution in [2.45, 2.75) is 0 Å². The van der Waals surface area contributed by atoms with Crippen molar-refractivity contribution in [2.24, 2.45) is 0 Å². The summed E-state index contributed by atoms with van der Waals surface area (Å²) in [4.78, 5) is 22.2. The molecule has 1 amide bonds. The first kappa shape index (κ1) is 18.3. The summed E-state index contributed by atoms with van der Waals surface area (Å²) in [6.07, 6.45) is 4.77. The summed E-state index contributed by atoms with van der Waals surface area (Å²) in [5.74, 6) is 0.435. The lowest BCUT2D eigenvalue weighted by Gasteiger charge is -2.34. The van der Waals surface area contributed by atoms with Gasteiger partial charge in [-0.2, -0.15) is 4.31 Å². The van der Waals surface area contributed by atoms with E-state index in [1.165, 1.54) is 16.7 Å². The molecule has 0 radical (unpaired) electrons. The molecule has 0 saturated carbocycles. The Morgan fingerprint density at radius 2 is 1.77 bits per heavy atom. The van der Waals surface area contributed by atoms with Gasteiger partial charge in [-0.25, -0.2) is 13.4 Å². The van der Waals surface area contributed by atoms with Crippen molar-refractivity contribution in [2.75, 3.05) is 43.4 Å².